The second kappa shape index (κ2) is 6.21. The van der Waals surface area contributed by atoms with Gasteiger partial charge in [-0.05, 0) is 19.3 Å². The number of carbonyl (C=O) groups is 2. The van der Waals surface area contributed by atoms with Crippen molar-refractivity contribution in [3.63, 3.8) is 0 Å². The molecule has 0 radical (unpaired) electrons. The summed E-state index contributed by atoms with van der Waals surface area (Å²) in [4.78, 5) is 31.5. The Bertz CT molecular complexity index is 432. The Morgan fingerprint density at radius 2 is 2.37 bits per heavy atom. The predicted molar refractivity (Wildman–Crippen MR) is 67.7 cm³/mol. The second-order valence-corrected chi connectivity index (χ2v) is 4.56. The molecule has 0 aliphatic carbocycles. The lowest BCUT2D eigenvalue weighted by molar-refractivity contribution is -0.143. The van der Waals surface area contributed by atoms with Gasteiger partial charge in [0.15, 0.2) is 0 Å². The van der Waals surface area contributed by atoms with Crippen molar-refractivity contribution < 1.29 is 14.7 Å². The van der Waals surface area contributed by atoms with E-state index >= 15 is 0 Å². The van der Waals surface area contributed by atoms with E-state index in [0.717, 1.165) is 18.7 Å². The first-order valence-electron chi connectivity index (χ1n) is 6.44. The fraction of sp³-hybridized carbons (Fsp3) is 0.583. The summed E-state index contributed by atoms with van der Waals surface area (Å²) >= 11 is 0. The Kier molecular flexibility index (Phi) is 4.38. The van der Waals surface area contributed by atoms with Crippen molar-refractivity contribution in [1.29, 1.82) is 0 Å². The molecule has 2 rings (SSSR count). The SMILES string of the molecule is O=C(O)C1CCCCN1C(=O)NCCc1ncc[nH]1. The molecule has 1 aromatic heterocycles. The van der Waals surface area contributed by atoms with Gasteiger partial charge in [0.05, 0.1) is 0 Å². The quantitative estimate of drug-likeness (QED) is 0.743. The number of nitrogens with zero attached hydrogens (tertiary/aromatic N) is 2. The van der Waals surface area contributed by atoms with Crippen LogP contribution in [0.4, 0.5) is 4.79 Å². The van der Waals surface area contributed by atoms with E-state index < -0.39 is 12.0 Å². The van der Waals surface area contributed by atoms with E-state index in [9.17, 15) is 9.59 Å². The van der Waals surface area contributed by atoms with Crippen LogP contribution >= 0.6 is 0 Å². The van der Waals surface area contributed by atoms with Crippen molar-refractivity contribution in [3.8, 4) is 0 Å². The highest BCUT2D eigenvalue weighted by molar-refractivity contribution is 5.82. The number of urea groups is 1. The van der Waals surface area contributed by atoms with Gasteiger partial charge in [0.2, 0.25) is 0 Å². The molecule has 1 unspecified atom stereocenters. The molecular formula is C12H18N4O3. The zero-order chi connectivity index (χ0) is 13.7. The molecule has 1 fully saturated rings. The number of carboxylic acid groups (broad SMARTS) is 1. The van der Waals surface area contributed by atoms with Gasteiger partial charge in [0.25, 0.3) is 0 Å². The summed E-state index contributed by atoms with van der Waals surface area (Å²) in [5.74, 6) is -0.130. The molecular weight excluding hydrogens is 248 g/mol. The van der Waals surface area contributed by atoms with Crippen LogP contribution in [0.15, 0.2) is 12.4 Å². The van der Waals surface area contributed by atoms with E-state index in [2.05, 4.69) is 15.3 Å². The van der Waals surface area contributed by atoms with E-state index in [1.54, 1.807) is 12.4 Å². The van der Waals surface area contributed by atoms with E-state index in [0.29, 0.717) is 25.9 Å². The Morgan fingerprint density at radius 1 is 1.53 bits per heavy atom. The Labute approximate surface area is 111 Å². The Morgan fingerprint density at radius 3 is 3.05 bits per heavy atom. The maximum absolute atomic E-state index is 12.0. The summed E-state index contributed by atoms with van der Waals surface area (Å²) in [5.41, 5.74) is 0. The second-order valence-electron chi connectivity index (χ2n) is 4.56. The lowest BCUT2D eigenvalue weighted by Gasteiger charge is -2.32. The molecule has 3 N–H and O–H groups in total. The number of hydrogen-bond acceptors (Lipinski definition) is 3. The van der Waals surface area contributed by atoms with Crippen LogP contribution in [0.3, 0.4) is 0 Å². The minimum absolute atomic E-state index is 0.307. The molecule has 2 amide bonds. The number of hydrogen-bond donors (Lipinski definition) is 3. The normalized spacial score (nSPS) is 19.2. The third-order valence-electron chi connectivity index (χ3n) is 3.24. The van der Waals surface area contributed by atoms with Gasteiger partial charge >= 0.3 is 12.0 Å². The van der Waals surface area contributed by atoms with Gasteiger partial charge in [0, 0.05) is 31.9 Å². The van der Waals surface area contributed by atoms with Gasteiger partial charge in [0.1, 0.15) is 11.9 Å². The number of aromatic amines is 1. The van der Waals surface area contributed by atoms with Crippen LogP contribution in [0.1, 0.15) is 25.1 Å². The van der Waals surface area contributed by atoms with E-state index in [1.165, 1.54) is 4.90 Å². The molecule has 19 heavy (non-hydrogen) atoms. The Balaban J connectivity index is 1.82. The van der Waals surface area contributed by atoms with Gasteiger partial charge in [-0.25, -0.2) is 14.6 Å². The first kappa shape index (κ1) is 13.4. The first-order valence-corrected chi connectivity index (χ1v) is 6.44. The molecule has 0 bridgehead atoms. The molecule has 1 saturated heterocycles. The number of carboxylic acids is 1. The third kappa shape index (κ3) is 3.46. The third-order valence-corrected chi connectivity index (χ3v) is 3.24. The van der Waals surface area contributed by atoms with Gasteiger partial charge in [-0.2, -0.15) is 0 Å². The minimum Gasteiger partial charge on any atom is -0.480 e. The van der Waals surface area contributed by atoms with E-state index in [-0.39, 0.29) is 6.03 Å². The summed E-state index contributed by atoms with van der Waals surface area (Å²) in [6.07, 6.45) is 6.22. The number of rotatable bonds is 4. The summed E-state index contributed by atoms with van der Waals surface area (Å²) < 4.78 is 0. The number of piperidine rings is 1. The smallest absolute Gasteiger partial charge is 0.326 e. The number of imidazole rings is 1. The molecule has 2 heterocycles. The van der Waals surface area contributed by atoms with Gasteiger partial charge in [-0.3, -0.25) is 0 Å². The monoisotopic (exact) mass is 266 g/mol. The van der Waals surface area contributed by atoms with E-state index in [4.69, 9.17) is 5.11 Å². The molecule has 7 heteroatoms. The van der Waals surface area contributed by atoms with Crippen LogP contribution in [0, 0.1) is 0 Å². The minimum atomic E-state index is -0.930. The molecule has 104 valence electrons. The maximum Gasteiger partial charge on any atom is 0.326 e. The van der Waals surface area contributed by atoms with Crippen LogP contribution in [0.2, 0.25) is 0 Å². The van der Waals surface area contributed by atoms with Gasteiger partial charge in [-0.15, -0.1) is 0 Å². The molecule has 1 aliphatic heterocycles. The number of nitrogens with one attached hydrogen (secondary N) is 2. The van der Waals surface area contributed by atoms with Crippen LogP contribution < -0.4 is 5.32 Å². The largest absolute Gasteiger partial charge is 0.480 e. The fourth-order valence-electron chi connectivity index (χ4n) is 2.26. The maximum atomic E-state index is 12.0. The van der Waals surface area contributed by atoms with Crippen molar-refractivity contribution in [3.05, 3.63) is 18.2 Å². The topological polar surface area (TPSA) is 98.3 Å². The number of aromatic nitrogens is 2. The number of H-pyrrole nitrogens is 1. The van der Waals surface area contributed by atoms with Gasteiger partial charge < -0.3 is 20.3 Å². The standard InChI is InChI=1S/C12H18N4O3/c17-11(18)9-3-1-2-8-16(9)12(19)15-5-4-10-13-6-7-14-10/h6-7,9H,1-5,8H2,(H,13,14)(H,15,19)(H,17,18). The lowest BCUT2D eigenvalue weighted by Crippen LogP contribution is -2.52. The highest BCUT2D eigenvalue weighted by Gasteiger charge is 2.31. The highest BCUT2D eigenvalue weighted by Crippen LogP contribution is 2.17. The molecule has 0 spiro atoms. The number of likely N-dealkylation sites (tertiary alicyclic amines) is 1. The molecule has 1 atom stereocenters. The zero-order valence-corrected chi connectivity index (χ0v) is 10.6. The number of carbonyl (C=O) groups excluding carboxylic acids is 1. The first-order chi connectivity index (χ1) is 9.18. The average molecular weight is 266 g/mol. The van der Waals surface area contributed by atoms with Crippen molar-refractivity contribution in [2.75, 3.05) is 13.1 Å². The molecule has 0 saturated carbocycles. The summed E-state index contributed by atoms with van der Waals surface area (Å²) in [7, 11) is 0. The fourth-order valence-corrected chi connectivity index (χ4v) is 2.26. The number of amides is 2. The van der Waals surface area contributed by atoms with Crippen LogP contribution in [0.25, 0.3) is 0 Å². The van der Waals surface area contributed by atoms with Crippen molar-refractivity contribution >= 4 is 12.0 Å². The van der Waals surface area contributed by atoms with Crippen molar-refractivity contribution in [2.24, 2.45) is 0 Å². The summed E-state index contributed by atoms with van der Waals surface area (Å²) in [5, 5.41) is 11.8. The molecule has 1 aromatic rings. The van der Waals surface area contributed by atoms with Crippen molar-refractivity contribution in [2.45, 2.75) is 31.7 Å². The highest BCUT2D eigenvalue weighted by atomic mass is 16.4. The van der Waals surface area contributed by atoms with E-state index in [1.807, 2.05) is 0 Å². The summed E-state index contributed by atoms with van der Waals surface area (Å²) in [6.45, 7) is 0.943. The Hall–Kier alpha value is -2.05. The van der Waals surface area contributed by atoms with Crippen molar-refractivity contribution in [1.82, 2.24) is 20.2 Å². The zero-order valence-electron chi connectivity index (χ0n) is 10.6. The average Bonchev–Trinajstić information content (AvgIpc) is 2.91. The number of aliphatic carboxylic acids is 1. The van der Waals surface area contributed by atoms with Crippen LogP contribution in [-0.2, 0) is 11.2 Å². The summed E-state index contributed by atoms with van der Waals surface area (Å²) in [6, 6.07) is -1.00. The lowest BCUT2D eigenvalue weighted by atomic mass is 10.0. The predicted octanol–water partition coefficient (Wildman–Crippen LogP) is 0.601. The van der Waals surface area contributed by atoms with Crippen LogP contribution in [0.5, 0.6) is 0 Å². The molecule has 0 aromatic carbocycles. The molecule has 7 nitrogen and oxygen atoms in total. The van der Waals surface area contributed by atoms with Crippen LogP contribution in [-0.4, -0.2) is 51.1 Å². The molecule has 1 aliphatic rings. The van der Waals surface area contributed by atoms with Gasteiger partial charge in [-0.1, -0.05) is 0 Å².